The maximum Gasteiger partial charge on any atom is 0.328 e. The second-order valence-corrected chi connectivity index (χ2v) is 5.10. The molecule has 0 bridgehead atoms. The first-order valence-corrected chi connectivity index (χ1v) is 6.62. The van der Waals surface area contributed by atoms with E-state index in [9.17, 15) is 4.79 Å². The molecule has 0 spiro atoms. The molecular formula is C15H15ClN2O2. The molecule has 0 atom stereocenters. The molecule has 2 rings (SSSR count). The molecular weight excluding hydrogens is 276 g/mol. The number of para-hydroxylation sites is 1. The Balaban J connectivity index is 2.51. The lowest BCUT2D eigenvalue weighted by atomic mass is 10.1. The number of benzene rings is 1. The fourth-order valence-corrected chi connectivity index (χ4v) is 2.11. The normalized spacial score (nSPS) is 11.4. The second kappa shape index (κ2) is 5.92. The number of carboxylic acids is 1. The number of nitrogens with zero attached hydrogens (tertiary/aromatic N) is 2. The van der Waals surface area contributed by atoms with Crippen LogP contribution in [-0.4, -0.2) is 20.9 Å². The van der Waals surface area contributed by atoms with Gasteiger partial charge in [0.1, 0.15) is 0 Å². The summed E-state index contributed by atoms with van der Waals surface area (Å²) < 4.78 is 1.68. The van der Waals surface area contributed by atoms with E-state index in [-0.39, 0.29) is 0 Å². The van der Waals surface area contributed by atoms with Crippen LogP contribution in [0.3, 0.4) is 0 Å². The van der Waals surface area contributed by atoms with Gasteiger partial charge in [-0.1, -0.05) is 37.6 Å². The van der Waals surface area contributed by atoms with Crippen LogP contribution in [0.25, 0.3) is 11.8 Å². The third-order valence-corrected chi connectivity index (χ3v) is 3.16. The van der Waals surface area contributed by atoms with Crippen LogP contribution in [0.15, 0.2) is 36.5 Å². The molecule has 0 saturated carbocycles. The Labute approximate surface area is 122 Å². The smallest absolute Gasteiger partial charge is 0.328 e. The molecule has 2 aromatic rings. The summed E-state index contributed by atoms with van der Waals surface area (Å²) in [6.07, 6.45) is 4.43. The molecule has 5 heteroatoms. The van der Waals surface area contributed by atoms with Crippen molar-refractivity contribution in [2.24, 2.45) is 0 Å². The largest absolute Gasteiger partial charge is 0.478 e. The van der Waals surface area contributed by atoms with E-state index in [1.165, 1.54) is 6.08 Å². The molecule has 4 nitrogen and oxygen atoms in total. The van der Waals surface area contributed by atoms with Gasteiger partial charge in [0, 0.05) is 17.8 Å². The predicted molar refractivity (Wildman–Crippen MR) is 79.3 cm³/mol. The molecule has 0 aliphatic rings. The van der Waals surface area contributed by atoms with Gasteiger partial charge in [-0.3, -0.25) is 0 Å². The van der Waals surface area contributed by atoms with E-state index < -0.39 is 5.97 Å². The lowest BCUT2D eigenvalue weighted by Gasteiger charge is -2.09. The van der Waals surface area contributed by atoms with Crippen molar-refractivity contribution in [2.75, 3.05) is 0 Å². The van der Waals surface area contributed by atoms with Crippen LogP contribution in [0.5, 0.6) is 0 Å². The highest BCUT2D eigenvalue weighted by molar-refractivity contribution is 6.32. The molecule has 0 aliphatic carbocycles. The zero-order chi connectivity index (χ0) is 14.7. The van der Waals surface area contributed by atoms with Gasteiger partial charge in [0.05, 0.1) is 16.4 Å². The van der Waals surface area contributed by atoms with Crippen LogP contribution in [0.2, 0.25) is 5.02 Å². The molecule has 0 radical (unpaired) electrons. The summed E-state index contributed by atoms with van der Waals surface area (Å²) in [6, 6.07) is 7.27. The summed E-state index contributed by atoms with van der Waals surface area (Å²) in [6.45, 7) is 4.12. The lowest BCUT2D eigenvalue weighted by molar-refractivity contribution is -0.131. The van der Waals surface area contributed by atoms with Gasteiger partial charge in [-0.2, -0.15) is 5.10 Å². The molecule has 104 valence electrons. The third-order valence-electron chi connectivity index (χ3n) is 2.85. The van der Waals surface area contributed by atoms with Crippen LogP contribution >= 0.6 is 11.6 Å². The minimum atomic E-state index is -1.00. The van der Waals surface area contributed by atoms with Gasteiger partial charge in [-0.15, -0.1) is 0 Å². The Morgan fingerprint density at radius 1 is 1.40 bits per heavy atom. The highest BCUT2D eigenvalue weighted by Gasteiger charge is 2.11. The average Bonchev–Trinajstić information content (AvgIpc) is 2.85. The summed E-state index contributed by atoms with van der Waals surface area (Å²) >= 11 is 6.23. The molecule has 1 heterocycles. The van der Waals surface area contributed by atoms with E-state index in [0.29, 0.717) is 22.2 Å². The third kappa shape index (κ3) is 3.08. The van der Waals surface area contributed by atoms with E-state index in [4.69, 9.17) is 16.7 Å². The first kappa shape index (κ1) is 14.3. The average molecular weight is 291 g/mol. The highest BCUT2D eigenvalue weighted by Crippen LogP contribution is 2.26. The molecule has 0 amide bonds. The molecule has 1 aromatic heterocycles. The maximum atomic E-state index is 10.7. The van der Waals surface area contributed by atoms with Gasteiger partial charge in [-0.25, -0.2) is 9.48 Å². The number of aliphatic carboxylic acids is 1. The second-order valence-electron chi connectivity index (χ2n) is 4.69. The van der Waals surface area contributed by atoms with Gasteiger partial charge in [0.2, 0.25) is 0 Å². The highest BCUT2D eigenvalue weighted by atomic mass is 35.5. The number of carboxylic acid groups (broad SMARTS) is 1. The Hall–Kier alpha value is -2.07. The summed E-state index contributed by atoms with van der Waals surface area (Å²) in [5.41, 5.74) is 2.34. The number of hydrogen-bond donors (Lipinski definition) is 1. The van der Waals surface area contributed by atoms with Crippen molar-refractivity contribution in [3.63, 3.8) is 0 Å². The molecule has 1 aromatic carbocycles. The SMILES string of the molecule is CC(C)c1ccn(-c2c(Cl)cccc2/C=C/C(=O)O)n1. The van der Waals surface area contributed by atoms with Crippen molar-refractivity contribution in [1.29, 1.82) is 0 Å². The van der Waals surface area contributed by atoms with E-state index >= 15 is 0 Å². The number of halogens is 1. The monoisotopic (exact) mass is 290 g/mol. The standard InChI is InChI=1S/C15H15ClN2O2/c1-10(2)13-8-9-18(17-13)15-11(6-7-14(19)20)4-3-5-12(15)16/h3-10H,1-2H3,(H,19,20)/b7-6+. The quantitative estimate of drug-likeness (QED) is 0.873. The Bertz CT molecular complexity index is 660. The van der Waals surface area contributed by atoms with Crippen LogP contribution in [0.1, 0.15) is 31.0 Å². The molecule has 20 heavy (non-hydrogen) atoms. The molecule has 0 unspecified atom stereocenters. The Morgan fingerprint density at radius 2 is 2.15 bits per heavy atom. The molecule has 0 aliphatic heterocycles. The Morgan fingerprint density at radius 3 is 2.75 bits per heavy atom. The van der Waals surface area contributed by atoms with E-state index in [2.05, 4.69) is 18.9 Å². The van der Waals surface area contributed by atoms with Crippen LogP contribution in [0.4, 0.5) is 0 Å². The van der Waals surface area contributed by atoms with Crippen LogP contribution in [-0.2, 0) is 4.79 Å². The van der Waals surface area contributed by atoms with Crippen LogP contribution < -0.4 is 0 Å². The minimum Gasteiger partial charge on any atom is -0.478 e. The first-order valence-electron chi connectivity index (χ1n) is 6.24. The number of rotatable bonds is 4. The Kier molecular flexibility index (Phi) is 4.25. The van der Waals surface area contributed by atoms with Crippen LogP contribution in [0, 0.1) is 0 Å². The number of carbonyl (C=O) groups is 1. The number of hydrogen-bond acceptors (Lipinski definition) is 2. The first-order chi connectivity index (χ1) is 9.49. The van der Waals surface area contributed by atoms with E-state index in [1.807, 2.05) is 12.3 Å². The topological polar surface area (TPSA) is 55.1 Å². The lowest BCUT2D eigenvalue weighted by Crippen LogP contribution is -2.01. The fourth-order valence-electron chi connectivity index (χ4n) is 1.84. The van der Waals surface area contributed by atoms with Gasteiger partial charge >= 0.3 is 5.97 Å². The van der Waals surface area contributed by atoms with Gasteiger partial charge in [-0.05, 0) is 24.1 Å². The summed E-state index contributed by atoms with van der Waals surface area (Å²) in [7, 11) is 0. The zero-order valence-corrected chi connectivity index (χ0v) is 12.0. The van der Waals surface area contributed by atoms with Gasteiger partial charge in [0.25, 0.3) is 0 Å². The fraction of sp³-hybridized carbons (Fsp3) is 0.200. The predicted octanol–water partition coefficient (Wildman–Crippen LogP) is 3.75. The summed E-state index contributed by atoms with van der Waals surface area (Å²) in [4.78, 5) is 10.7. The minimum absolute atomic E-state index is 0.316. The summed E-state index contributed by atoms with van der Waals surface area (Å²) in [5.74, 6) is -0.684. The van der Waals surface area contributed by atoms with Crippen molar-refractivity contribution in [3.8, 4) is 5.69 Å². The van der Waals surface area contributed by atoms with Crippen molar-refractivity contribution >= 4 is 23.6 Å². The molecule has 0 fully saturated rings. The maximum absolute atomic E-state index is 10.7. The zero-order valence-electron chi connectivity index (χ0n) is 11.2. The van der Waals surface area contributed by atoms with Crippen molar-refractivity contribution in [1.82, 2.24) is 9.78 Å². The van der Waals surface area contributed by atoms with Gasteiger partial charge in [0.15, 0.2) is 0 Å². The summed E-state index contributed by atoms with van der Waals surface area (Å²) in [5, 5.41) is 13.7. The van der Waals surface area contributed by atoms with E-state index in [0.717, 1.165) is 11.8 Å². The van der Waals surface area contributed by atoms with Crippen molar-refractivity contribution in [2.45, 2.75) is 19.8 Å². The van der Waals surface area contributed by atoms with Gasteiger partial charge < -0.3 is 5.11 Å². The van der Waals surface area contributed by atoms with E-state index in [1.54, 1.807) is 22.9 Å². The number of aromatic nitrogens is 2. The van der Waals surface area contributed by atoms with Crippen molar-refractivity contribution < 1.29 is 9.90 Å². The molecule has 0 saturated heterocycles. The molecule has 1 N–H and O–H groups in total. The van der Waals surface area contributed by atoms with Crippen molar-refractivity contribution in [3.05, 3.63) is 52.8 Å².